The molecule has 2 unspecified atom stereocenters. The molecule has 1 aliphatic rings. The van der Waals surface area contributed by atoms with E-state index in [4.69, 9.17) is 9.76 Å². The van der Waals surface area contributed by atoms with Gasteiger partial charge in [0.15, 0.2) is 0 Å². The van der Waals surface area contributed by atoms with Crippen LogP contribution in [0.4, 0.5) is 0 Å². The molecule has 5 heteroatoms. The smallest absolute Gasteiger partial charge is 0.305 e. The van der Waals surface area contributed by atoms with Gasteiger partial charge in [0.1, 0.15) is 0 Å². The Morgan fingerprint density at radius 3 is 3.00 bits per heavy atom. The number of hydrogen-bond acceptors (Lipinski definition) is 3. The van der Waals surface area contributed by atoms with Gasteiger partial charge in [0, 0.05) is 5.94 Å². The summed E-state index contributed by atoms with van der Waals surface area (Å²) in [5.41, 5.74) is 0. The molecule has 72 valence electrons. The highest BCUT2D eigenvalue weighted by atomic mass is 16.4. The van der Waals surface area contributed by atoms with Crippen molar-refractivity contribution in [3.8, 4) is 0 Å². The molecule has 0 bridgehead atoms. The summed E-state index contributed by atoms with van der Waals surface area (Å²) in [4.78, 5) is 10.4. The summed E-state index contributed by atoms with van der Waals surface area (Å²) in [5, 5.41) is 11.6. The topological polar surface area (TPSA) is 58.6 Å². The maximum Gasteiger partial charge on any atom is 0.305 e. The third kappa shape index (κ3) is 3.50. The number of aliphatic carboxylic acids is 1. The number of rotatable bonds is 4. The second-order valence-corrected chi connectivity index (χ2v) is 3.20. The van der Waals surface area contributed by atoms with Gasteiger partial charge in [-0.25, -0.2) is 0 Å². The lowest BCUT2D eigenvalue weighted by Crippen LogP contribution is -2.40. The molecule has 1 heterocycles. The average Bonchev–Trinajstić information content (AvgIpc) is 2.08. The fourth-order valence-electron chi connectivity index (χ4n) is 1.46. The number of hydrogen-bond donors (Lipinski definition) is 2. The van der Waals surface area contributed by atoms with E-state index in [9.17, 15) is 4.79 Å². The lowest BCUT2D eigenvalue weighted by atomic mass is 9.79. The van der Waals surface area contributed by atoms with Gasteiger partial charge >= 0.3 is 5.97 Å². The molecule has 4 nitrogen and oxygen atoms in total. The zero-order valence-electron chi connectivity index (χ0n) is 7.53. The fourth-order valence-corrected chi connectivity index (χ4v) is 1.46. The predicted octanol–water partition coefficient (Wildman–Crippen LogP) is 0.0508. The van der Waals surface area contributed by atoms with Crippen LogP contribution in [0.25, 0.3) is 0 Å². The van der Waals surface area contributed by atoms with E-state index in [1.54, 1.807) is 6.20 Å². The Morgan fingerprint density at radius 2 is 2.54 bits per heavy atom. The van der Waals surface area contributed by atoms with E-state index in [0.29, 0.717) is 13.4 Å². The molecule has 2 atom stereocenters. The van der Waals surface area contributed by atoms with Crippen molar-refractivity contribution in [3.05, 3.63) is 12.8 Å². The summed E-state index contributed by atoms with van der Waals surface area (Å²) in [7, 11) is 0.573. The summed E-state index contributed by atoms with van der Waals surface area (Å²) in [5.74, 6) is -0.498. The average molecular weight is 183 g/mol. The van der Waals surface area contributed by atoms with Crippen molar-refractivity contribution in [1.29, 1.82) is 0 Å². The van der Waals surface area contributed by atoms with Gasteiger partial charge in [0.2, 0.25) is 0 Å². The molecule has 2 N–H and O–H groups in total. The van der Waals surface area contributed by atoms with Gasteiger partial charge in [-0.3, -0.25) is 4.79 Å². The third-order valence-corrected chi connectivity index (χ3v) is 2.13. The van der Waals surface area contributed by atoms with Crippen LogP contribution in [0.15, 0.2) is 12.8 Å². The van der Waals surface area contributed by atoms with E-state index in [-0.39, 0.29) is 12.5 Å². The third-order valence-electron chi connectivity index (χ3n) is 2.13. The molecule has 0 aromatic heterocycles. The second-order valence-electron chi connectivity index (χ2n) is 3.20. The Bertz CT molecular complexity index is 190. The van der Waals surface area contributed by atoms with Crippen molar-refractivity contribution >= 4 is 13.5 Å². The van der Waals surface area contributed by atoms with Crippen LogP contribution in [0.1, 0.15) is 19.3 Å². The molecular formula is C8H14BNO3. The zero-order valence-corrected chi connectivity index (χ0v) is 7.53. The first-order chi connectivity index (χ1) is 6.22. The van der Waals surface area contributed by atoms with Crippen molar-refractivity contribution in [2.75, 3.05) is 0 Å². The Morgan fingerprint density at radius 1 is 1.77 bits per heavy atom. The van der Waals surface area contributed by atoms with Crippen LogP contribution >= 0.6 is 0 Å². The molecule has 13 heavy (non-hydrogen) atoms. The molecule has 1 fully saturated rings. The predicted molar refractivity (Wildman–Crippen MR) is 50.6 cm³/mol. The first-order valence-corrected chi connectivity index (χ1v) is 4.42. The molecule has 0 aromatic rings. The van der Waals surface area contributed by atoms with E-state index in [1.807, 2.05) is 0 Å². The number of nitrogens with one attached hydrogen (secondary N) is 1. The maximum absolute atomic E-state index is 10.4. The fraction of sp³-hybridized carbons (Fsp3) is 0.625. The van der Waals surface area contributed by atoms with Gasteiger partial charge in [0.25, 0.3) is 7.48 Å². The lowest BCUT2D eigenvalue weighted by Gasteiger charge is -2.27. The Labute approximate surface area is 78.2 Å². The summed E-state index contributed by atoms with van der Waals surface area (Å²) in [6.07, 6.45) is 3.40. The van der Waals surface area contributed by atoms with E-state index < -0.39 is 5.97 Å². The first kappa shape index (κ1) is 10.1. The van der Waals surface area contributed by atoms with Crippen LogP contribution in [-0.2, 0) is 9.45 Å². The molecule has 1 saturated heterocycles. The van der Waals surface area contributed by atoms with E-state index in [1.165, 1.54) is 0 Å². The summed E-state index contributed by atoms with van der Waals surface area (Å²) in [6, 6.07) is 0. The number of carbonyl (C=O) groups is 1. The SMILES string of the molecule is C=CNC1BOC(CC(=O)O)CC1. The standard InChI is InChI=1S/C8H14BNO3/c1-2-10-7-4-3-6(13-9-7)5-8(11)12/h2,6-7,9-10H,1,3-5H2,(H,11,12). The molecule has 0 saturated carbocycles. The second kappa shape index (κ2) is 4.92. The molecule has 0 aliphatic carbocycles. The Kier molecular flexibility index (Phi) is 3.83. The Balaban J connectivity index is 2.22. The molecule has 1 aliphatic heterocycles. The molecule has 1 rings (SSSR count). The van der Waals surface area contributed by atoms with Crippen molar-refractivity contribution in [2.45, 2.75) is 31.3 Å². The van der Waals surface area contributed by atoms with Crippen LogP contribution in [0.3, 0.4) is 0 Å². The maximum atomic E-state index is 10.4. The van der Waals surface area contributed by atoms with Gasteiger partial charge < -0.3 is 15.1 Å². The minimum Gasteiger partial charge on any atom is -0.481 e. The molecule has 0 spiro atoms. The van der Waals surface area contributed by atoms with Crippen molar-refractivity contribution in [2.24, 2.45) is 0 Å². The highest BCUT2D eigenvalue weighted by Gasteiger charge is 2.23. The minimum absolute atomic E-state index is 0.111. The molecule has 0 amide bonds. The zero-order chi connectivity index (χ0) is 9.68. The number of carboxylic acid groups (broad SMARTS) is 1. The molecular weight excluding hydrogens is 169 g/mol. The lowest BCUT2D eigenvalue weighted by molar-refractivity contribution is -0.139. The van der Waals surface area contributed by atoms with E-state index >= 15 is 0 Å². The van der Waals surface area contributed by atoms with Crippen LogP contribution in [0.2, 0.25) is 0 Å². The summed E-state index contributed by atoms with van der Waals surface area (Å²) in [6.45, 7) is 3.56. The normalized spacial score (nSPS) is 27.4. The summed E-state index contributed by atoms with van der Waals surface area (Å²) < 4.78 is 5.36. The number of carboxylic acids is 1. The van der Waals surface area contributed by atoms with Gasteiger partial charge in [0.05, 0.1) is 12.5 Å². The highest BCUT2D eigenvalue weighted by Crippen LogP contribution is 2.14. The summed E-state index contributed by atoms with van der Waals surface area (Å²) >= 11 is 0. The van der Waals surface area contributed by atoms with Crippen LogP contribution in [-0.4, -0.2) is 30.6 Å². The van der Waals surface area contributed by atoms with Crippen molar-refractivity contribution in [3.63, 3.8) is 0 Å². The molecule has 0 aromatic carbocycles. The van der Waals surface area contributed by atoms with Crippen molar-refractivity contribution in [1.82, 2.24) is 5.32 Å². The van der Waals surface area contributed by atoms with Gasteiger partial charge in [-0.15, -0.1) is 0 Å². The monoisotopic (exact) mass is 183 g/mol. The minimum atomic E-state index is -0.792. The van der Waals surface area contributed by atoms with Gasteiger partial charge in [-0.05, 0) is 19.0 Å². The van der Waals surface area contributed by atoms with Crippen molar-refractivity contribution < 1.29 is 14.6 Å². The van der Waals surface area contributed by atoms with E-state index in [0.717, 1.165) is 12.8 Å². The van der Waals surface area contributed by atoms with Crippen LogP contribution in [0.5, 0.6) is 0 Å². The Hall–Kier alpha value is -0.965. The molecule has 0 radical (unpaired) electrons. The van der Waals surface area contributed by atoms with E-state index in [2.05, 4.69) is 11.9 Å². The van der Waals surface area contributed by atoms with Crippen LogP contribution in [0, 0.1) is 0 Å². The highest BCUT2D eigenvalue weighted by molar-refractivity contribution is 6.30. The van der Waals surface area contributed by atoms with Gasteiger partial charge in [-0.1, -0.05) is 6.58 Å². The van der Waals surface area contributed by atoms with Gasteiger partial charge in [-0.2, -0.15) is 0 Å². The largest absolute Gasteiger partial charge is 0.481 e. The first-order valence-electron chi connectivity index (χ1n) is 4.42. The van der Waals surface area contributed by atoms with Crippen LogP contribution < -0.4 is 5.32 Å². The quantitative estimate of drug-likeness (QED) is 0.604.